The molecule has 122 valence electrons. The van der Waals surface area contributed by atoms with Crippen molar-refractivity contribution in [2.45, 2.75) is 26.8 Å². The summed E-state index contributed by atoms with van der Waals surface area (Å²) in [5.74, 6) is 0.429. The van der Waals surface area contributed by atoms with Gasteiger partial charge in [-0.1, -0.05) is 32.0 Å². The third-order valence-corrected chi connectivity index (χ3v) is 3.32. The summed E-state index contributed by atoms with van der Waals surface area (Å²) in [4.78, 5) is 20.2. The van der Waals surface area contributed by atoms with Gasteiger partial charge in [-0.05, 0) is 18.4 Å². The Morgan fingerprint density at radius 2 is 1.91 bits per heavy atom. The van der Waals surface area contributed by atoms with E-state index >= 15 is 0 Å². The summed E-state index contributed by atoms with van der Waals surface area (Å²) >= 11 is 0. The van der Waals surface area contributed by atoms with E-state index in [1.165, 1.54) is 18.5 Å². The van der Waals surface area contributed by atoms with Crippen molar-refractivity contribution in [2.75, 3.05) is 11.9 Å². The van der Waals surface area contributed by atoms with Crippen LogP contribution in [0.2, 0.25) is 0 Å². The van der Waals surface area contributed by atoms with Crippen molar-refractivity contribution in [3.05, 3.63) is 53.6 Å². The maximum atomic E-state index is 13.5. The van der Waals surface area contributed by atoms with Gasteiger partial charge >= 0.3 is 0 Å². The first-order valence-electron chi connectivity index (χ1n) is 7.64. The number of rotatable bonds is 7. The van der Waals surface area contributed by atoms with Crippen LogP contribution in [0.25, 0.3) is 0 Å². The van der Waals surface area contributed by atoms with Gasteiger partial charge in [0, 0.05) is 31.0 Å². The lowest BCUT2D eigenvalue weighted by Crippen LogP contribution is -2.23. The molecule has 1 heterocycles. The Morgan fingerprint density at radius 1 is 1.22 bits per heavy atom. The summed E-state index contributed by atoms with van der Waals surface area (Å²) in [6, 6.07) is 6.33. The molecule has 0 aliphatic rings. The fourth-order valence-electron chi connectivity index (χ4n) is 1.93. The highest BCUT2D eigenvalue weighted by Crippen LogP contribution is 2.07. The van der Waals surface area contributed by atoms with E-state index in [0.717, 1.165) is 13.0 Å². The molecule has 6 heteroatoms. The highest BCUT2D eigenvalue weighted by Gasteiger charge is 2.08. The Morgan fingerprint density at radius 3 is 2.57 bits per heavy atom. The summed E-state index contributed by atoms with van der Waals surface area (Å²) < 4.78 is 13.5. The quantitative estimate of drug-likeness (QED) is 0.824. The summed E-state index contributed by atoms with van der Waals surface area (Å²) in [7, 11) is 0. The van der Waals surface area contributed by atoms with Crippen LogP contribution in [0, 0.1) is 11.7 Å². The first-order valence-corrected chi connectivity index (χ1v) is 7.64. The number of aromatic nitrogens is 2. The van der Waals surface area contributed by atoms with Gasteiger partial charge in [0.1, 0.15) is 5.82 Å². The van der Waals surface area contributed by atoms with E-state index in [9.17, 15) is 9.18 Å². The van der Waals surface area contributed by atoms with Crippen LogP contribution in [-0.4, -0.2) is 22.4 Å². The molecular weight excluding hydrogens is 295 g/mol. The zero-order valence-electron chi connectivity index (χ0n) is 13.3. The van der Waals surface area contributed by atoms with Crippen molar-refractivity contribution in [3.8, 4) is 0 Å². The van der Waals surface area contributed by atoms with Gasteiger partial charge in [0.05, 0.1) is 5.56 Å². The average molecular weight is 316 g/mol. The predicted molar refractivity (Wildman–Crippen MR) is 87.5 cm³/mol. The van der Waals surface area contributed by atoms with E-state index in [0.29, 0.717) is 23.0 Å². The lowest BCUT2D eigenvalue weighted by atomic mass is 10.1. The molecule has 2 N–H and O–H groups in total. The van der Waals surface area contributed by atoms with Crippen molar-refractivity contribution in [3.63, 3.8) is 0 Å². The Balaban J connectivity index is 1.86. The number of halogens is 1. The van der Waals surface area contributed by atoms with Gasteiger partial charge in [0.2, 0.25) is 5.95 Å². The highest BCUT2D eigenvalue weighted by molar-refractivity contribution is 5.93. The van der Waals surface area contributed by atoms with Gasteiger partial charge < -0.3 is 10.6 Å². The molecule has 0 aliphatic carbocycles. The molecule has 0 radical (unpaired) electrons. The maximum Gasteiger partial charge on any atom is 0.254 e. The lowest BCUT2D eigenvalue weighted by Gasteiger charge is -2.08. The van der Waals surface area contributed by atoms with Crippen LogP contribution in [0.15, 0.2) is 36.7 Å². The van der Waals surface area contributed by atoms with Gasteiger partial charge in [-0.3, -0.25) is 4.79 Å². The standard InChI is InChI=1S/C17H21FN4O/c1-12(2)7-8-19-17-21-10-14(11-22-17)16(23)20-9-13-5-3-4-6-15(13)18/h3-6,10-12H,7-9H2,1-2H3,(H,20,23)(H,19,21,22). The zero-order chi connectivity index (χ0) is 16.7. The molecule has 0 atom stereocenters. The normalized spacial score (nSPS) is 10.6. The van der Waals surface area contributed by atoms with E-state index in [1.54, 1.807) is 18.2 Å². The largest absolute Gasteiger partial charge is 0.354 e. The molecule has 5 nitrogen and oxygen atoms in total. The molecule has 1 amide bonds. The topological polar surface area (TPSA) is 66.9 Å². The number of carbonyl (C=O) groups is 1. The highest BCUT2D eigenvalue weighted by atomic mass is 19.1. The fourth-order valence-corrected chi connectivity index (χ4v) is 1.93. The van der Waals surface area contributed by atoms with Crippen LogP contribution in [0.5, 0.6) is 0 Å². The number of hydrogen-bond donors (Lipinski definition) is 2. The molecule has 0 saturated carbocycles. The molecule has 23 heavy (non-hydrogen) atoms. The lowest BCUT2D eigenvalue weighted by molar-refractivity contribution is 0.0950. The first-order chi connectivity index (χ1) is 11.1. The number of anilines is 1. The number of benzene rings is 1. The van der Waals surface area contributed by atoms with Crippen molar-refractivity contribution in [2.24, 2.45) is 5.92 Å². The van der Waals surface area contributed by atoms with Gasteiger partial charge in [0.25, 0.3) is 5.91 Å². The predicted octanol–water partition coefficient (Wildman–Crippen LogP) is 3.00. The van der Waals surface area contributed by atoms with Crippen molar-refractivity contribution >= 4 is 11.9 Å². The minimum atomic E-state index is -0.339. The first kappa shape index (κ1) is 16.9. The second kappa shape index (κ2) is 8.22. The fraction of sp³-hybridized carbons (Fsp3) is 0.353. The molecule has 0 spiro atoms. The van der Waals surface area contributed by atoms with Gasteiger partial charge in [0.15, 0.2) is 0 Å². The molecule has 0 unspecified atom stereocenters. The van der Waals surface area contributed by atoms with Gasteiger partial charge in [-0.15, -0.1) is 0 Å². The van der Waals surface area contributed by atoms with E-state index in [-0.39, 0.29) is 18.3 Å². The number of nitrogens with one attached hydrogen (secondary N) is 2. The number of carbonyl (C=O) groups excluding carboxylic acids is 1. The van der Waals surface area contributed by atoms with Crippen molar-refractivity contribution in [1.82, 2.24) is 15.3 Å². The van der Waals surface area contributed by atoms with Crippen LogP contribution in [0.3, 0.4) is 0 Å². The van der Waals surface area contributed by atoms with Crippen LogP contribution in [0.4, 0.5) is 10.3 Å². The Bertz CT molecular complexity index is 643. The van der Waals surface area contributed by atoms with Crippen LogP contribution in [0.1, 0.15) is 36.2 Å². The average Bonchev–Trinajstić information content (AvgIpc) is 2.54. The van der Waals surface area contributed by atoms with Gasteiger partial charge in [-0.25, -0.2) is 14.4 Å². The molecule has 2 rings (SSSR count). The monoisotopic (exact) mass is 316 g/mol. The van der Waals surface area contributed by atoms with Gasteiger partial charge in [-0.2, -0.15) is 0 Å². The van der Waals surface area contributed by atoms with Crippen LogP contribution >= 0.6 is 0 Å². The van der Waals surface area contributed by atoms with E-state index in [1.807, 2.05) is 0 Å². The molecule has 0 aliphatic heterocycles. The molecule has 0 saturated heterocycles. The SMILES string of the molecule is CC(C)CCNc1ncc(C(=O)NCc2ccccc2F)cn1. The van der Waals surface area contributed by atoms with E-state index in [2.05, 4.69) is 34.4 Å². The molecule has 0 fully saturated rings. The summed E-state index contributed by atoms with van der Waals surface area (Å²) in [5.41, 5.74) is 0.782. The summed E-state index contributed by atoms with van der Waals surface area (Å²) in [6.07, 6.45) is 3.94. The van der Waals surface area contributed by atoms with E-state index in [4.69, 9.17) is 0 Å². The third kappa shape index (κ3) is 5.32. The Kier molecular flexibility index (Phi) is 6.02. The zero-order valence-corrected chi connectivity index (χ0v) is 13.3. The Labute approximate surface area is 135 Å². The van der Waals surface area contributed by atoms with Crippen LogP contribution < -0.4 is 10.6 Å². The molecule has 0 bridgehead atoms. The Hall–Kier alpha value is -2.50. The summed E-state index contributed by atoms with van der Waals surface area (Å²) in [5, 5.41) is 5.76. The number of hydrogen-bond acceptors (Lipinski definition) is 4. The molecule has 2 aromatic rings. The minimum absolute atomic E-state index is 0.125. The molecule has 1 aromatic carbocycles. The number of nitrogens with zero attached hydrogens (tertiary/aromatic N) is 2. The summed E-state index contributed by atoms with van der Waals surface area (Å²) in [6.45, 7) is 5.20. The second-order valence-corrected chi connectivity index (χ2v) is 5.68. The molecule has 1 aromatic heterocycles. The van der Waals surface area contributed by atoms with Crippen LogP contribution in [-0.2, 0) is 6.54 Å². The minimum Gasteiger partial charge on any atom is -0.354 e. The van der Waals surface area contributed by atoms with Crippen molar-refractivity contribution in [1.29, 1.82) is 0 Å². The van der Waals surface area contributed by atoms with E-state index < -0.39 is 0 Å². The van der Waals surface area contributed by atoms with Crippen molar-refractivity contribution < 1.29 is 9.18 Å². The second-order valence-electron chi connectivity index (χ2n) is 5.68. The smallest absolute Gasteiger partial charge is 0.254 e. The maximum absolute atomic E-state index is 13.5. The number of amides is 1. The third-order valence-electron chi connectivity index (χ3n) is 3.32. The molecular formula is C17H21FN4O.